The molecule has 3 N–H and O–H groups in total. The SMILES string of the molecule is CC1CCC(CNc2ncc(S(=O)(=O)NC(=O)c3ccc(N4CCC5(CC4)CC(N4CCOCC4)C5)cc3Oc3cnc4[nH]cc(F)c4c3)cc2[N+](=O)[O-])CC1. The zero-order valence-corrected chi connectivity index (χ0v) is 32.2. The molecule has 0 radical (unpaired) electrons. The highest BCUT2D eigenvalue weighted by atomic mass is 32.2. The maximum atomic E-state index is 14.5. The number of carbonyl (C=O) groups is 1. The van der Waals surface area contributed by atoms with Crippen molar-refractivity contribution in [1.29, 1.82) is 0 Å². The van der Waals surface area contributed by atoms with Crippen molar-refractivity contribution in [2.45, 2.75) is 69.2 Å². The quantitative estimate of drug-likeness (QED) is 0.115. The van der Waals surface area contributed by atoms with Gasteiger partial charge in [0, 0.05) is 62.8 Å². The molecule has 1 aromatic carbocycles. The van der Waals surface area contributed by atoms with Gasteiger partial charge in [-0.2, -0.15) is 0 Å². The van der Waals surface area contributed by atoms with Crippen LogP contribution in [0.2, 0.25) is 0 Å². The van der Waals surface area contributed by atoms with Crippen molar-refractivity contribution in [2.24, 2.45) is 17.3 Å². The Hall–Kier alpha value is -4.87. The van der Waals surface area contributed by atoms with Crippen LogP contribution in [0, 0.1) is 33.2 Å². The number of fused-ring (bicyclic) bond motifs is 1. The van der Waals surface area contributed by atoms with Crippen LogP contribution in [-0.2, 0) is 14.8 Å². The Balaban J connectivity index is 1.00. The first kappa shape index (κ1) is 38.0. The van der Waals surface area contributed by atoms with Gasteiger partial charge in [0.2, 0.25) is 5.82 Å². The number of anilines is 2. The van der Waals surface area contributed by atoms with Crippen LogP contribution in [0.15, 0.2) is 53.8 Å². The van der Waals surface area contributed by atoms with Crippen molar-refractivity contribution >= 4 is 44.2 Å². The third-order valence-electron chi connectivity index (χ3n) is 12.3. The molecule has 56 heavy (non-hydrogen) atoms. The summed E-state index contributed by atoms with van der Waals surface area (Å²) in [6, 6.07) is 7.85. The summed E-state index contributed by atoms with van der Waals surface area (Å²) in [5, 5.41) is 15.2. The summed E-state index contributed by atoms with van der Waals surface area (Å²) in [6.07, 6.45) is 12.1. The predicted molar refractivity (Wildman–Crippen MR) is 207 cm³/mol. The lowest BCUT2D eigenvalue weighted by molar-refractivity contribution is -0.384. The van der Waals surface area contributed by atoms with Gasteiger partial charge in [0.1, 0.15) is 27.9 Å². The van der Waals surface area contributed by atoms with Gasteiger partial charge in [-0.1, -0.05) is 19.8 Å². The zero-order chi connectivity index (χ0) is 39.0. The van der Waals surface area contributed by atoms with Gasteiger partial charge in [-0.25, -0.2) is 27.5 Å². The zero-order valence-electron chi connectivity index (χ0n) is 31.3. The minimum atomic E-state index is -4.63. The second-order valence-electron chi connectivity index (χ2n) is 15.9. The Morgan fingerprint density at radius 2 is 1.82 bits per heavy atom. The lowest BCUT2D eigenvalue weighted by atomic mass is 9.60. The number of sulfonamides is 1. The Kier molecular flexibility index (Phi) is 10.6. The van der Waals surface area contributed by atoms with E-state index in [1.54, 1.807) is 12.1 Å². The molecule has 1 spiro atoms. The van der Waals surface area contributed by atoms with Crippen molar-refractivity contribution in [3.63, 3.8) is 0 Å². The molecule has 2 saturated carbocycles. The molecule has 17 heteroatoms. The van der Waals surface area contributed by atoms with Crippen molar-refractivity contribution in [3.05, 3.63) is 70.4 Å². The number of nitro groups is 1. The molecule has 0 atom stereocenters. The fourth-order valence-electron chi connectivity index (χ4n) is 8.77. The monoisotopic (exact) mass is 790 g/mol. The number of ether oxygens (including phenoxy) is 2. The predicted octanol–water partition coefficient (Wildman–Crippen LogP) is 6.24. The number of nitrogens with one attached hydrogen (secondary N) is 3. The van der Waals surface area contributed by atoms with Gasteiger partial charge in [0.15, 0.2) is 0 Å². The van der Waals surface area contributed by atoms with Gasteiger partial charge in [-0.3, -0.25) is 19.8 Å². The van der Waals surface area contributed by atoms with Crippen LogP contribution in [0.5, 0.6) is 11.5 Å². The van der Waals surface area contributed by atoms with E-state index in [0.717, 1.165) is 95.9 Å². The highest BCUT2D eigenvalue weighted by Crippen LogP contribution is 2.51. The molecular formula is C39H47FN8O7S. The third kappa shape index (κ3) is 8.02. The first-order chi connectivity index (χ1) is 26.9. The Morgan fingerprint density at radius 3 is 2.55 bits per heavy atom. The fourth-order valence-corrected chi connectivity index (χ4v) is 9.70. The molecule has 15 nitrogen and oxygen atoms in total. The molecule has 2 saturated heterocycles. The second-order valence-corrected chi connectivity index (χ2v) is 17.6. The summed E-state index contributed by atoms with van der Waals surface area (Å²) in [5.41, 5.74) is 0.774. The number of H-pyrrole nitrogens is 1. The molecule has 4 aliphatic rings. The van der Waals surface area contributed by atoms with Gasteiger partial charge in [0.05, 0.1) is 41.5 Å². The number of rotatable bonds is 11. The van der Waals surface area contributed by atoms with E-state index in [9.17, 15) is 27.7 Å². The minimum absolute atomic E-state index is 0.0318. The van der Waals surface area contributed by atoms with Crippen LogP contribution in [0.1, 0.15) is 68.6 Å². The van der Waals surface area contributed by atoms with Gasteiger partial charge in [-0.15, -0.1) is 0 Å². The minimum Gasteiger partial charge on any atom is -0.455 e. The molecule has 0 bridgehead atoms. The standard InChI is InChI=1S/C39H47FN8O7S/c1-25-2-4-26(5-3-25)21-41-37-34(48(50)51)18-30(23-43-37)56(52,53)45-38(49)31-7-6-27(16-35(31)55-29-17-32-33(40)24-44-36(32)42-22-29)46-10-8-39(9-11-46)19-28(20-39)47-12-14-54-15-13-47/h6-7,16-18,22-26,28H,2-5,8-15,19-21H2,1H3,(H,41,43)(H,42,44)(H,45,49). The lowest BCUT2D eigenvalue weighted by Gasteiger charge is -2.56. The van der Waals surface area contributed by atoms with Crippen molar-refractivity contribution in [3.8, 4) is 11.5 Å². The highest BCUT2D eigenvalue weighted by molar-refractivity contribution is 7.90. The maximum Gasteiger partial charge on any atom is 0.312 e. The van der Waals surface area contributed by atoms with Crippen molar-refractivity contribution in [1.82, 2.24) is 24.6 Å². The second kappa shape index (κ2) is 15.6. The van der Waals surface area contributed by atoms with E-state index in [-0.39, 0.29) is 28.3 Å². The van der Waals surface area contributed by atoms with E-state index in [1.807, 2.05) is 4.72 Å². The first-order valence-corrected chi connectivity index (χ1v) is 20.9. The smallest absolute Gasteiger partial charge is 0.312 e. The number of aromatic nitrogens is 3. The first-order valence-electron chi connectivity index (χ1n) is 19.4. The summed E-state index contributed by atoms with van der Waals surface area (Å²) < 4.78 is 55.4. The maximum absolute atomic E-state index is 14.5. The number of nitrogens with zero attached hydrogens (tertiary/aromatic N) is 5. The van der Waals surface area contributed by atoms with Crippen molar-refractivity contribution < 1.29 is 32.0 Å². The van der Waals surface area contributed by atoms with E-state index in [1.165, 1.54) is 37.4 Å². The van der Waals surface area contributed by atoms with E-state index in [2.05, 4.69) is 37.0 Å². The fraction of sp³-hybridized carbons (Fsp3) is 0.513. The number of piperidine rings is 1. The van der Waals surface area contributed by atoms with Gasteiger partial charge in [0.25, 0.3) is 15.9 Å². The molecule has 8 rings (SSSR count). The number of benzene rings is 1. The molecule has 2 aliphatic carbocycles. The van der Waals surface area contributed by atoms with Crippen molar-refractivity contribution in [2.75, 3.05) is 56.2 Å². The summed E-state index contributed by atoms with van der Waals surface area (Å²) in [4.78, 5) is 40.4. The van der Waals surface area contributed by atoms with Gasteiger partial charge in [-0.05, 0) is 74.0 Å². The van der Waals surface area contributed by atoms with Crippen LogP contribution >= 0.6 is 0 Å². The van der Waals surface area contributed by atoms with Crippen LogP contribution in [-0.4, -0.2) is 91.1 Å². The number of aromatic amines is 1. The average Bonchev–Trinajstić information content (AvgIpc) is 3.56. The summed E-state index contributed by atoms with van der Waals surface area (Å²) in [6.45, 7) is 7.83. The number of hydrogen-bond donors (Lipinski definition) is 3. The Bertz CT molecular complexity index is 2210. The topological polar surface area (TPSA) is 185 Å². The highest BCUT2D eigenvalue weighted by Gasteiger charge is 2.48. The van der Waals surface area contributed by atoms with Gasteiger partial charge < -0.3 is 24.7 Å². The van der Waals surface area contributed by atoms with Crippen LogP contribution < -0.4 is 19.7 Å². The molecule has 5 heterocycles. The Labute approximate surface area is 324 Å². The summed E-state index contributed by atoms with van der Waals surface area (Å²) in [5.74, 6) is -0.434. The summed E-state index contributed by atoms with van der Waals surface area (Å²) >= 11 is 0. The number of halogens is 1. The molecule has 0 unspecified atom stereocenters. The molecule has 4 aromatic rings. The molecule has 298 valence electrons. The number of morpholine rings is 1. The summed E-state index contributed by atoms with van der Waals surface area (Å²) in [7, 11) is -4.63. The number of carbonyl (C=O) groups excluding carboxylic acids is 1. The molecule has 4 fully saturated rings. The van der Waals surface area contributed by atoms with E-state index >= 15 is 0 Å². The molecule has 3 aromatic heterocycles. The largest absolute Gasteiger partial charge is 0.455 e. The Morgan fingerprint density at radius 1 is 1.07 bits per heavy atom. The van der Waals surface area contributed by atoms with Crippen LogP contribution in [0.4, 0.5) is 21.6 Å². The number of pyridine rings is 2. The average molecular weight is 791 g/mol. The van der Waals surface area contributed by atoms with E-state index < -0.39 is 37.3 Å². The normalized spacial score (nSPS) is 21.8. The van der Waals surface area contributed by atoms with Gasteiger partial charge >= 0.3 is 5.69 Å². The van der Waals surface area contributed by atoms with E-state index in [4.69, 9.17) is 9.47 Å². The molecule has 1 amide bonds. The third-order valence-corrected chi connectivity index (χ3v) is 13.5. The number of hydrogen-bond acceptors (Lipinski definition) is 12. The number of amides is 1. The van der Waals surface area contributed by atoms with Crippen LogP contribution in [0.3, 0.4) is 0 Å². The van der Waals surface area contributed by atoms with E-state index in [0.29, 0.717) is 35.5 Å². The molecule has 2 aliphatic heterocycles. The lowest BCUT2D eigenvalue weighted by Crippen LogP contribution is -2.57. The van der Waals surface area contributed by atoms with Crippen LogP contribution in [0.25, 0.3) is 11.0 Å². The molecular weight excluding hydrogens is 744 g/mol.